The number of allylic oxidation sites excluding steroid dienone is 2. The maximum atomic E-state index is 13.7. The number of hydrogen-bond acceptors (Lipinski definition) is 7. The highest BCUT2D eigenvalue weighted by molar-refractivity contribution is 7.89. The summed E-state index contributed by atoms with van der Waals surface area (Å²) >= 11 is 0. The first-order valence-corrected chi connectivity index (χ1v) is 16.0. The van der Waals surface area contributed by atoms with Crippen molar-refractivity contribution in [2.24, 2.45) is 11.3 Å². The van der Waals surface area contributed by atoms with Gasteiger partial charge >= 0.3 is 0 Å². The largest absolute Gasteiger partial charge is 0.460 e. The number of nitrogens with one attached hydrogen (secondary N) is 1. The van der Waals surface area contributed by atoms with Crippen LogP contribution in [0.4, 0.5) is 5.82 Å². The van der Waals surface area contributed by atoms with Crippen LogP contribution in [0.1, 0.15) is 43.2 Å². The van der Waals surface area contributed by atoms with Crippen LogP contribution in [0, 0.1) is 18.3 Å². The molecule has 2 aromatic carbocycles. The van der Waals surface area contributed by atoms with Gasteiger partial charge in [-0.1, -0.05) is 38.1 Å². The highest BCUT2D eigenvalue weighted by atomic mass is 32.2. The Morgan fingerprint density at radius 2 is 1.67 bits per heavy atom. The maximum absolute atomic E-state index is 13.7. The zero-order valence-electron chi connectivity index (χ0n) is 24.4. The van der Waals surface area contributed by atoms with Gasteiger partial charge in [0.25, 0.3) is 0 Å². The second-order valence-electron chi connectivity index (χ2n) is 12.1. The number of nitrogens with zero attached hydrogens (tertiary/aromatic N) is 3. The molecular formula is C33H34N4O5S. The van der Waals surface area contributed by atoms with Gasteiger partial charge in [0.15, 0.2) is 0 Å². The van der Waals surface area contributed by atoms with E-state index in [0.29, 0.717) is 44.2 Å². The third kappa shape index (κ3) is 4.83. The zero-order valence-corrected chi connectivity index (χ0v) is 25.2. The molecule has 0 unspecified atom stereocenters. The first-order valence-electron chi connectivity index (χ1n) is 14.6. The number of fused-ring (bicyclic) bond motifs is 2. The van der Waals surface area contributed by atoms with Gasteiger partial charge in [0, 0.05) is 36.3 Å². The number of aromatic nitrogens is 2. The van der Waals surface area contributed by atoms with Crippen LogP contribution in [-0.2, 0) is 19.6 Å². The molecule has 9 nitrogen and oxygen atoms in total. The number of aryl methyl sites for hydroxylation is 1. The molecule has 43 heavy (non-hydrogen) atoms. The molecule has 222 valence electrons. The lowest BCUT2D eigenvalue weighted by molar-refractivity contribution is -0.124. The summed E-state index contributed by atoms with van der Waals surface area (Å²) in [6, 6.07) is 20.5. The number of para-hydroxylation sites is 1. The van der Waals surface area contributed by atoms with Gasteiger partial charge in [-0.05, 0) is 60.9 Å². The minimum absolute atomic E-state index is 0.160. The molecular weight excluding hydrogens is 564 g/mol. The van der Waals surface area contributed by atoms with Gasteiger partial charge in [0.1, 0.15) is 23.1 Å². The molecule has 10 heteroatoms. The minimum Gasteiger partial charge on any atom is -0.460 e. The Bertz CT molecular complexity index is 1830. The molecule has 2 aromatic heterocycles. The molecule has 3 aliphatic rings. The topological polar surface area (TPSA) is 107 Å². The van der Waals surface area contributed by atoms with E-state index < -0.39 is 15.9 Å². The quantitative estimate of drug-likeness (QED) is 0.323. The Hall–Kier alpha value is -3.99. The van der Waals surface area contributed by atoms with E-state index in [9.17, 15) is 13.2 Å². The predicted octanol–water partition coefficient (Wildman–Crippen LogP) is 5.52. The normalized spacial score (nSPS) is 21.9. The first-order chi connectivity index (χ1) is 20.6. The highest BCUT2D eigenvalue weighted by Crippen LogP contribution is 2.51. The van der Waals surface area contributed by atoms with E-state index in [0.717, 1.165) is 34.0 Å². The van der Waals surface area contributed by atoms with Gasteiger partial charge in [-0.15, -0.1) is 0 Å². The van der Waals surface area contributed by atoms with Crippen LogP contribution >= 0.6 is 0 Å². The first kappa shape index (κ1) is 27.8. The number of carbonyl (C=O) groups is 1. The summed E-state index contributed by atoms with van der Waals surface area (Å²) in [6.07, 6.45) is 2.61. The number of benzene rings is 2. The van der Waals surface area contributed by atoms with Crippen molar-refractivity contribution in [2.45, 2.75) is 38.0 Å². The average Bonchev–Trinajstić information content (AvgIpc) is 3.61. The molecule has 0 radical (unpaired) electrons. The van der Waals surface area contributed by atoms with Crippen molar-refractivity contribution in [3.63, 3.8) is 0 Å². The van der Waals surface area contributed by atoms with Crippen LogP contribution in [0.3, 0.4) is 0 Å². The lowest BCUT2D eigenvalue weighted by Gasteiger charge is -2.39. The monoisotopic (exact) mass is 598 g/mol. The van der Waals surface area contributed by atoms with Gasteiger partial charge in [0.05, 0.1) is 41.3 Å². The van der Waals surface area contributed by atoms with Gasteiger partial charge in [0.2, 0.25) is 10.0 Å². The highest BCUT2D eigenvalue weighted by Gasteiger charge is 2.47. The van der Waals surface area contributed by atoms with E-state index >= 15 is 0 Å². The number of carbonyl (C=O) groups excluding carboxylic acids is 1. The molecule has 0 bridgehead atoms. The Kier molecular flexibility index (Phi) is 6.68. The molecule has 7 rings (SSSR count). The molecule has 2 aliphatic heterocycles. The lowest BCUT2D eigenvalue weighted by atomic mass is 9.68. The fourth-order valence-corrected chi connectivity index (χ4v) is 7.98. The second-order valence-corrected chi connectivity index (χ2v) is 14.1. The summed E-state index contributed by atoms with van der Waals surface area (Å²) < 4.78 is 41.4. The molecule has 4 aromatic rings. The van der Waals surface area contributed by atoms with E-state index in [1.807, 2.05) is 54.1 Å². The molecule has 4 heterocycles. The third-order valence-electron chi connectivity index (χ3n) is 8.55. The van der Waals surface area contributed by atoms with Crippen LogP contribution in [0.25, 0.3) is 17.0 Å². The van der Waals surface area contributed by atoms with Gasteiger partial charge < -0.3 is 14.5 Å². The third-order valence-corrected chi connectivity index (χ3v) is 10.5. The van der Waals surface area contributed by atoms with Crippen molar-refractivity contribution in [2.75, 3.05) is 31.6 Å². The predicted molar refractivity (Wildman–Crippen MR) is 162 cm³/mol. The standard InChI is InChI=1S/C33H34N4O5S/c1-21-29-31(28-14-13-27(42-28)22-9-11-24(12-10-22)43(39,40)36-15-17-41-18-16-36)30-25(19-33(2,3)20-26(30)38)34-32(29)37(35-21)23-7-5-4-6-8-23/h4-14,19,30-31,34H,15-18,20H2,1-3H3/t30-,31+/m1/s1. The Morgan fingerprint density at radius 3 is 2.40 bits per heavy atom. The molecule has 2 atom stereocenters. The van der Waals surface area contributed by atoms with Gasteiger partial charge in [-0.2, -0.15) is 9.40 Å². The summed E-state index contributed by atoms with van der Waals surface area (Å²) in [5, 5.41) is 8.49. The van der Waals surface area contributed by atoms with Gasteiger partial charge in [-0.25, -0.2) is 13.1 Å². The van der Waals surface area contributed by atoms with Crippen LogP contribution in [0.5, 0.6) is 0 Å². The Morgan fingerprint density at radius 1 is 0.953 bits per heavy atom. The van der Waals surface area contributed by atoms with Crippen molar-refractivity contribution in [1.82, 2.24) is 14.1 Å². The summed E-state index contributed by atoms with van der Waals surface area (Å²) in [5.41, 5.74) is 4.03. The number of anilines is 1. The number of ketones is 1. The van der Waals surface area contributed by atoms with Crippen LogP contribution in [0.15, 0.2) is 87.8 Å². The molecule has 0 amide bonds. The van der Waals surface area contributed by atoms with E-state index in [-0.39, 0.29) is 22.0 Å². The summed E-state index contributed by atoms with van der Waals surface area (Å²) in [4.78, 5) is 14.0. The molecule has 0 saturated carbocycles. The fourth-order valence-electron chi connectivity index (χ4n) is 6.57. The number of hydrogen-bond donors (Lipinski definition) is 1. The van der Waals surface area contributed by atoms with E-state index in [4.69, 9.17) is 14.3 Å². The second kappa shape index (κ2) is 10.3. The van der Waals surface area contributed by atoms with Crippen LogP contribution in [-0.4, -0.2) is 54.6 Å². The summed E-state index contributed by atoms with van der Waals surface area (Å²) in [7, 11) is -3.60. The Labute approximate surface area is 251 Å². The molecule has 1 aliphatic carbocycles. The minimum atomic E-state index is -3.60. The Balaban J connectivity index is 1.28. The van der Waals surface area contributed by atoms with Crippen molar-refractivity contribution < 1.29 is 22.4 Å². The van der Waals surface area contributed by atoms with E-state index in [2.05, 4.69) is 25.2 Å². The van der Waals surface area contributed by atoms with Crippen molar-refractivity contribution in [1.29, 1.82) is 0 Å². The summed E-state index contributed by atoms with van der Waals surface area (Å²) in [5.74, 6) is 1.48. The maximum Gasteiger partial charge on any atom is 0.243 e. The molecule has 1 saturated heterocycles. The number of morpholine rings is 1. The molecule has 0 spiro atoms. The fraction of sp³-hybridized carbons (Fsp3) is 0.333. The number of furan rings is 1. The number of Topliss-reactive ketones (excluding diaryl/α,β-unsaturated/α-hetero) is 1. The van der Waals surface area contributed by atoms with Crippen molar-refractivity contribution in [3.05, 3.63) is 95.5 Å². The van der Waals surface area contributed by atoms with Crippen LogP contribution < -0.4 is 5.32 Å². The van der Waals surface area contributed by atoms with Crippen molar-refractivity contribution >= 4 is 21.6 Å². The van der Waals surface area contributed by atoms with E-state index in [1.54, 1.807) is 24.3 Å². The lowest BCUT2D eigenvalue weighted by Crippen LogP contribution is -2.40. The molecule has 1 fully saturated rings. The number of ether oxygens (including phenoxy) is 1. The van der Waals surface area contributed by atoms with E-state index in [1.165, 1.54) is 4.31 Å². The van der Waals surface area contributed by atoms with Gasteiger partial charge in [-0.3, -0.25) is 4.79 Å². The molecule has 1 N–H and O–H groups in total. The summed E-state index contributed by atoms with van der Waals surface area (Å²) in [6.45, 7) is 7.60. The number of rotatable bonds is 5. The smallest absolute Gasteiger partial charge is 0.243 e. The van der Waals surface area contributed by atoms with Crippen LogP contribution in [0.2, 0.25) is 0 Å². The zero-order chi connectivity index (χ0) is 29.9. The SMILES string of the molecule is Cc1nn(-c2ccccc2)c2c1[C@H](c1ccc(-c3ccc(S(=O)(=O)N4CCOCC4)cc3)o1)[C@H]1C(=O)CC(C)(C)C=C1N2. The average molecular weight is 599 g/mol. The van der Waals surface area contributed by atoms with Crippen molar-refractivity contribution in [3.8, 4) is 17.0 Å². The number of sulfonamides is 1.